The molecule has 0 aliphatic carbocycles. The van der Waals surface area contributed by atoms with Crippen molar-refractivity contribution < 1.29 is 14.7 Å². The number of rotatable bonds is 5. The summed E-state index contributed by atoms with van der Waals surface area (Å²) in [7, 11) is 0. The third-order valence-electron chi connectivity index (χ3n) is 2.55. The fourth-order valence-corrected chi connectivity index (χ4v) is 3.62. The summed E-state index contributed by atoms with van der Waals surface area (Å²) >= 11 is 2.73. The van der Waals surface area contributed by atoms with Crippen LogP contribution in [-0.4, -0.2) is 21.8 Å². The van der Waals surface area contributed by atoms with Gasteiger partial charge in [0.15, 0.2) is 11.5 Å². The van der Waals surface area contributed by atoms with E-state index >= 15 is 0 Å². The first kappa shape index (κ1) is 14.7. The molecular formula is C14H13NO3S2. The molecule has 2 aromatic rings. The molecule has 0 radical (unpaired) electrons. The van der Waals surface area contributed by atoms with Gasteiger partial charge in [-0.05, 0) is 19.1 Å². The van der Waals surface area contributed by atoms with Crippen molar-refractivity contribution >= 4 is 34.9 Å². The van der Waals surface area contributed by atoms with Crippen LogP contribution < -0.4 is 0 Å². The van der Waals surface area contributed by atoms with E-state index in [-0.39, 0.29) is 16.4 Å². The summed E-state index contributed by atoms with van der Waals surface area (Å²) < 4.78 is 0. The predicted octanol–water partition coefficient (Wildman–Crippen LogP) is 3.64. The number of aromatic nitrogens is 1. The van der Waals surface area contributed by atoms with E-state index in [2.05, 4.69) is 11.1 Å². The van der Waals surface area contributed by atoms with Crippen molar-refractivity contribution in [1.82, 2.24) is 4.98 Å². The Hall–Kier alpha value is -1.66. The predicted molar refractivity (Wildman–Crippen MR) is 79.8 cm³/mol. The van der Waals surface area contributed by atoms with Gasteiger partial charge in [-0.15, -0.1) is 23.1 Å². The molecule has 1 aromatic heterocycles. The van der Waals surface area contributed by atoms with E-state index in [1.807, 2.05) is 25.1 Å². The molecule has 0 unspecified atom stereocenters. The van der Waals surface area contributed by atoms with Gasteiger partial charge in [0.25, 0.3) is 0 Å². The lowest BCUT2D eigenvalue weighted by Gasteiger charge is -2.00. The molecule has 1 aromatic carbocycles. The van der Waals surface area contributed by atoms with E-state index in [4.69, 9.17) is 5.11 Å². The third kappa shape index (κ3) is 3.46. The second kappa shape index (κ2) is 6.19. The molecule has 0 atom stereocenters. The van der Waals surface area contributed by atoms with Crippen LogP contribution in [-0.2, 0) is 5.75 Å². The molecule has 20 heavy (non-hydrogen) atoms. The number of carboxylic acid groups (broad SMARTS) is 1. The number of thioether (sulfide) groups is 1. The molecule has 0 amide bonds. The number of nitrogens with zero attached hydrogens (tertiary/aromatic N) is 1. The van der Waals surface area contributed by atoms with Gasteiger partial charge in [-0.2, -0.15) is 0 Å². The number of Topliss-reactive ketones (excluding diaryl/α,β-unsaturated/α-hetero) is 1. The molecule has 1 heterocycles. The molecule has 0 bridgehead atoms. The SMILES string of the molecule is CC(=O)c1sc(CSc2cccc(C)c2)nc1C(=O)O. The minimum Gasteiger partial charge on any atom is -0.476 e. The summed E-state index contributed by atoms with van der Waals surface area (Å²) in [5.74, 6) is -0.855. The first-order chi connectivity index (χ1) is 9.47. The Balaban J connectivity index is 2.16. The Morgan fingerprint density at radius 2 is 2.15 bits per heavy atom. The van der Waals surface area contributed by atoms with Crippen molar-refractivity contribution in [2.75, 3.05) is 0 Å². The monoisotopic (exact) mass is 307 g/mol. The summed E-state index contributed by atoms with van der Waals surface area (Å²) in [6.07, 6.45) is 0. The number of aromatic carboxylic acids is 1. The summed E-state index contributed by atoms with van der Waals surface area (Å²) in [5.41, 5.74) is 1.03. The number of carbonyl (C=O) groups excluding carboxylic acids is 1. The molecule has 0 fully saturated rings. The van der Waals surface area contributed by atoms with Crippen molar-refractivity contribution in [3.63, 3.8) is 0 Å². The highest BCUT2D eigenvalue weighted by molar-refractivity contribution is 7.98. The molecule has 4 nitrogen and oxygen atoms in total. The second-order valence-corrected chi connectivity index (χ2v) is 6.38. The molecule has 0 aliphatic rings. The van der Waals surface area contributed by atoms with Crippen LogP contribution in [0.1, 0.15) is 37.7 Å². The van der Waals surface area contributed by atoms with Gasteiger partial charge in [-0.25, -0.2) is 9.78 Å². The molecular weight excluding hydrogens is 294 g/mol. The first-order valence-electron chi connectivity index (χ1n) is 5.91. The molecule has 2 rings (SSSR count). The molecule has 6 heteroatoms. The minimum atomic E-state index is -1.15. The van der Waals surface area contributed by atoms with Crippen molar-refractivity contribution in [3.8, 4) is 0 Å². The molecule has 104 valence electrons. The number of benzene rings is 1. The Labute approximate surface area is 124 Å². The highest BCUT2D eigenvalue weighted by atomic mass is 32.2. The van der Waals surface area contributed by atoms with Gasteiger partial charge in [-0.1, -0.05) is 17.7 Å². The lowest BCUT2D eigenvalue weighted by Crippen LogP contribution is -2.03. The van der Waals surface area contributed by atoms with E-state index in [1.165, 1.54) is 12.5 Å². The standard InChI is InChI=1S/C14H13NO3S2/c1-8-4-3-5-10(6-8)19-7-11-15-12(14(17)18)13(20-11)9(2)16/h3-6H,7H2,1-2H3,(H,17,18). The number of carbonyl (C=O) groups is 2. The Morgan fingerprint density at radius 1 is 1.40 bits per heavy atom. The van der Waals surface area contributed by atoms with Crippen LogP contribution in [0.15, 0.2) is 29.2 Å². The van der Waals surface area contributed by atoms with Crippen LogP contribution in [0.2, 0.25) is 0 Å². The maximum Gasteiger partial charge on any atom is 0.356 e. The fraction of sp³-hybridized carbons (Fsp3) is 0.214. The first-order valence-corrected chi connectivity index (χ1v) is 7.71. The highest BCUT2D eigenvalue weighted by Gasteiger charge is 2.20. The van der Waals surface area contributed by atoms with Crippen molar-refractivity contribution in [2.24, 2.45) is 0 Å². The zero-order valence-corrected chi connectivity index (χ0v) is 12.7. The van der Waals surface area contributed by atoms with Gasteiger partial charge in [0.1, 0.15) is 9.88 Å². The van der Waals surface area contributed by atoms with Crippen LogP contribution >= 0.6 is 23.1 Å². The largest absolute Gasteiger partial charge is 0.476 e. The van der Waals surface area contributed by atoms with Gasteiger partial charge in [0.2, 0.25) is 0 Å². The number of thiazole rings is 1. The van der Waals surface area contributed by atoms with E-state index in [0.29, 0.717) is 10.8 Å². The van der Waals surface area contributed by atoms with Crippen LogP contribution in [0.4, 0.5) is 0 Å². The topological polar surface area (TPSA) is 67.3 Å². The van der Waals surface area contributed by atoms with E-state index in [1.54, 1.807) is 11.8 Å². The zero-order chi connectivity index (χ0) is 14.7. The molecule has 0 spiro atoms. The second-order valence-electron chi connectivity index (χ2n) is 4.25. The molecule has 0 saturated carbocycles. The quantitative estimate of drug-likeness (QED) is 0.674. The third-order valence-corrected chi connectivity index (χ3v) is 4.89. The number of ketones is 1. The van der Waals surface area contributed by atoms with Crippen molar-refractivity contribution in [1.29, 1.82) is 0 Å². The molecule has 0 saturated heterocycles. The van der Waals surface area contributed by atoms with Gasteiger partial charge < -0.3 is 5.11 Å². The summed E-state index contributed by atoms with van der Waals surface area (Å²) in [6.45, 7) is 3.38. The van der Waals surface area contributed by atoms with Crippen LogP contribution in [0, 0.1) is 6.92 Å². The van der Waals surface area contributed by atoms with E-state index < -0.39 is 5.97 Å². The Bertz CT molecular complexity index is 633. The van der Waals surface area contributed by atoms with Crippen LogP contribution in [0.5, 0.6) is 0 Å². The normalized spacial score (nSPS) is 10.5. The van der Waals surface area contributed by atoms with Gasteiger partial charge in [0, 0.05) is 11.8 Å². The maximum absolute atomic E-state index is 11.4. The number of hydrogen-bond acceptors (Lipinski definition) is 5. The number of hydrogen-bond donors (Lipinski definition) is 1. The van der Waals surface area contributed by atoms with Gasteiger partial charge in [-0.3, -0.25) is 4.79 Å². The molecule has 1 N–H and O–H groups in total. The fourth-order valence-electron chi connectivity index (χ4n) is 1.66. The summed E-state index contributed by atoms with van der Waals surface area (Å²) in [6, 6.07) is 8.05. The smallest absolute Gasteiger partial charge is 0.356 e. The van der Waals surface area contributed by atoms with Crippen molar-refractivity contribution in [2.45, 2.75) is 24.5 Å². The van der Waals surface area contributed by atoms with E-state index in [9.17, 15) is 9.59 Å². The Morgan fingerprint density at radius 3 is 2.70 bits per heavy atom. The lowest BCUT2D eigenvalue weighted by atomic mass is 10.2. The highest BCUT2D eigenvalue weighted by Crippen LogP contribution is 2.27. The minimum absolute atomic E-state index is 0.137. The average molecular weight is 307 g/mol. The zero-order valence-electron chi connectivity index (χ0n) is 11.0. The van der Waals surface area contributed by atoms with Crippen molar-refractivity contribution in [3.05, 3.63) is 45.4 Å². The van der Waals surface area contributed by atoms with Crippen LogP contribution in [0.25, 0.3) is 0 Å². The summed E-state index contributed by atoms with van der Waals surface area (Å²) in [4.78, 5) is 27.8. The average Bonchev–Trinajstić information content (AvgIpc) is 2.81. The lowest BCUT2D eigenvalue weighted by molar-refractivity contribution is 0.0687. The van der Waals surface area contributed by atoms with Crippen LogP contribution in [0.3, 0.4) is 0 Å². The maximum atomic E-state index is 11.4. The van der Waals surface area contributed by atoms with Gasteiger partial charge >= 0.3 is 5.97 Å². The van der Waals surface area contributed by atoms with Gasteiger partial charge in [0.05, 0.1) is 5.75 Å². The number of aryl methyl sites for hydroxylation is 1. The number of carboxylic acids is 1. The molecule has 0 aliphatic heterocycles. The summed E-state index contributed by atoms with van der Waals surface area (Å²) in [5, 5.41) is 9.69. The Kier molecular flexibility index (Phi) is 4.57. The van der Waals surface area contributed by atoms with E-state index in [0.717, 1.165) is 16.2 Å².